The second kappa shape index (κ2) is 8.93. The maximum absolute atomic E-state index is 13.1. The molecule has 7 heteroatoms. The van der Waals surface area contributed by atoms with Crippen LogP contribution in [0.2, 0.25) is 0 Å². The van der Waals surface area contributed by atoms with Crippen molar-refractivity contribution < 1.29 is 9.53 Å². The number of hydrogen-bond acceptors (Lipinski definition) is 6. The van der Waals surface area contributed by atoms with Crippen molar-refractivity contribution in [1.82, 2.24) is 10.2 Å². The first-order valence-electron chi connectivity index (χ1n) is 9.50. The van der Waals surface area contributed by atoms with Crippen molar-refractivity contribution in [3.05, 3.63) is 39.0 Å². The fourth-order valence-electron chi connectivity index (χ4n) is 2.95. The van der Waals surface area contributed by atoms with E-state index in [1.54, 1.807) is 33.8 Å². The minimum Gasteiger partial charge on any atom is -0.443 e. The van der Waals surface area contributed by atoms with Gasteiger partial charge in [-0.3, -0.25) is 4.90 Å². The molecule has 1 amide bonds. The molecule has 0 spiro atoms. The van der Waals surface area contributed by atoms with Crippen LogP contribution < -0.4 is 4.90 Å². The van der Waals surface area contributed by atoms with E-state index < -0.39 is 5.60 Å². The van der Waals surface area contributed by atoms with Crippen LogP contribution >= 0.6 is 22.7 Å². The monoisotopic (exact) mass is 427 g/mol. The van der Waals surface area contributed by atoms with Gasteiger partial charge in [-0.1, -0.05) is 6.07 Å². The van der Waals surface area contributed by atoms with Crippen molar-refractivity contribution in [3.8, 4) is 12.3 Å². The van der Waals surface area contributed by atoms with Gasteiger partial charge in [0.1, 0.15) is 11.1 Å². The largest absolute Gasteiger partial charge is 0.443 e. The van der Waals surface area contributed by atoms with Crippen LogP contribution in [-0.4, -0.2) is 21.9 Å². The summed E-state index contributed by atoms with van der Waals surface area (Å²) in [5, 5.41) is 10.5. The number of hydrogen-bond donors (Lipinski definition) is 0. The van der Waals surface area contributed by atoms with Gasteiger partial charge in [0.25, 0.3) is 0 Å². The molecule has 0 aliphatic rings. The molecule has 0 aromatic carbocycles. The topological polar surface area (TPSA) is 55.3 Å². The summed E-state index contributed by atoms with van der Waals surface area (Å²) in [6, 6.07) is 3.99. The molecule has 0 aliphatic heterocycles. The summed E-state index contributed by atoms with van der Waals surface area (Å²) in [6.07, 6.45) is 9.23. The summed E-state index contributed by atoms with van der Waals surface area (Å²) >= 11 is 3.27. The molecule has 3 heterocycles. The summed E-state index contributed by atoms with van der Waals surface area (Å²) in [4.78, 5) is 17.0. The van der Waals surface area contributed by atoms with Crippen LogP contribution in [-0.2, 0) is 17.7 Å². The molecule has 5 nitrogen and oxygen atoms in total. The van der Waals surface area contributed by atoms with E-state index in [2.05, 4.69) is 23.0 Å². The number of terminal acetylenes is 1. The first-order valence-corrected chi connectivity index (χ1v) is 11.2. The molecule has 0 fully saturated rings. The van der Waals surface area contributed by atoms with Gasteiger partial charge in [-0.2, -0.15) is 5.10 Å². The molecule has 3 rings (SSSR count). The Hall–Kier alpha value is -2.43. The molecule has 152 valence electrons. The Bertz CT molecular complexity index is 1030. The van der Waals surface area contributed by atoms with Gasteiger partial charge in [0.05, 0.1) is 23.1 Å². The van der Waals surface area contributed by atoms with E-state index in [0.717, 1.165) is 45.6 Å². The van der Waals surface area contributed by atoms with E-state index in [1.807, 2.05) is 38.3 Å². The number of thiophene rings is 2. The lowest BCUT2D eigenvalue weighted by atomic mass is 10.1. The Morgan fingerprint density at radius 1 is 1.38 bits per heavy atom. The van der Waals surface area contributed by atoms with Crippen LogP contribution in [0.5, 0.6) is 0 Å². The fourth-order valence-corrected chi connectivity index (χ4v) is 4.94. The molecule has 0 saturated carbocycles. The molecule has 3 aromatic rings. The summed E-state index contributed by atoms with van der Waals surface area (Å²) in [6.45, 7) is 8.09. The third-order valence-corrected chi connectivity index (χ3v) is 6.53. The van der Waals surface area contributed by atoms with Gasteiger partial charge in [-0.25, -0.2) is 4.79 Å². The standard InChI is InChI=1S/C22H25N3O2S2/c1-6-7-8-11-18-15(2)19-20(29-18)17(13-23-24-19)25(14-16-10-9-12-28-16)21(26)27-22(3,4)5/h1,9-10,12-13H,7-8,11,14H2,2-5H3. The van der Waals surface area contributed by atoms with Gasteiger partial charge >= 0.3 is 6.09 Å². The number of carbonyl (C=O) groups excluding carboxylic acids is 1. The zero-order chi connectivity index (χ0) is 21.0. The third-order valence-electron chi connectivity index (χ3n) is 4.31. The van der Waals surface area contributed by atoms with E-state index in [9.17, 15) is 4.79 Å². The Morgan fingerprint density at radius 2 is 2.17 bits per heavy atom. The minimum atomic E-state index is -0.587. The molecule has 0 saturated heterocycles. The highest BCUT2D eigenvalue weighted by Crippen LogP contribution is 2.37. The highest BCUT2D eigenvalue weighted by Gasteiger charge is 2.27. The highest BCUT2D eigenvalue weighted by atomic mass is 32.1. The average Bonchev–Trinajstić information content (AvgIpc) is 3.27. The number of aryl methyl sites for hydroxylation is 2. The van der Waals surface area contributed by atoms with E-state index in [-0.39, 0.29) is 6.09 Å². The van der Waals surface area contributed by atoms with Crippen LogP contribution in [0.1, 0.15) is 48.9 Å². The summed E-state index contributed by atoms with van der Waals surface area (Å²) in [7, 11) is 0. The molecule has 0 aliphatic carbocycles. The average molecular weight is 428 g/mol. The minimum absolute atomic E-state index is 0.389. The predicted octanol–water partition coefficient (Wildman–Crippen LogP) is 5.96. The first-order chi connectivity index (χ1) is 13.8. The van der Waals surface area contributed by atoms with Crippen LogP contribution in [0.3, 0.4) is 0 Å². The lowest BCUT2D eigenvalue weighted by Crippen LogP contribution is -2.36. The number of rotatable bonds is 6. The molecule has 0 bridgehead atoms. The number of aromatic nitrogens is 2. The molecule has 29 heavy (non-hydrogen) atoms. The lowest BCUT2D eigenvalue weighted by Gasteiger charge is -2.27. The number of anilines is 1. The SMILES string of the molecule is C#CCCCc1sc2c(N(Cc3cccs3)C(=O)OC(C)(C)C)cnnc2c1C. The second-order valence-corrected chi connectivity index (χ2v) is 9.90. The molecule has 0 unspecified atom stereocenters. The van der Waals surface area contributed by atoms with E-state index in [0.29, 0.717) is 6.54 Å². The Kier molecular flexibility index (Phi) is 6.56. The van der Waals surface area contributed by atoms with Crippen molar-refractivity contribution in [1.29, 1.82) is 0 Å². The number of ether oxygens (including phenoxy) is 1. The number of carbonyl (C=O) groups is 1. The van der Waals surface area contributed by atoms with Gasteiger partial charge < -0.3 is 4.74 Å². The van der Waals surface area contributed by atoms with Crippen molar-refractivity contribution in [2.24, 2.45) is 0 Å². The molecule has 0 N–H and O–H groups in total. The number of unbranched alkanes of at least 4 members (excludes halogenated alkanes) is 1. The lowest BCUT2D eigenvalue weighted by molar-refractivity contribution is 0.0578. The van der Waals surface area contributed by atoms with Crippen LogP contribution in [0, 0.1) is 19.3 Å². The van der Waals surface area contributed by atoms with Crippen LogP contribution in [0.15, 0.2) is 23.7 Å². The maximum Gasteiger partial charge on any atom is 0.415 e. The highest BCUT2D eigenvalue weighted by molar-refractivity contribution is 7.19. The Labute approximate surface area is 179 Å². The van der Waals surface area contributed by atoms with E-state index in [1.165, 1.54) is 4.88 Å². The molecular formula is C22H25N3O2S2. The Morgan fingerprint density at radius 3 is 2.83 bits per heavy atom. The quantitative estimate of drug-likeness (QED) is 0.360. The summed E-state index contributed by atoms with van der Waals surface area (Å²) in [5.74, 6) is 2.69. The molecule has 0 atom stereocenters. The fraction of sp³-hybridized carbons (Fsp3) is 0.409. The van der Waals surface area contributed by atoms with Gasteiger partial charge in [-0.05, 0) is 57.5 Å². The van der Waals surface area contributed by atoms with Crippen molar-refractivity contribution >= 4 is 44.7 Å². The van der Waals surface area contributed by atoms with Gasteiger partial charge in [-0.15, -0.1) is 40.1 Å². The third kappa shape index (κ3) is 5.14. The number of nitrogens with zero attached hydrogens (tertiary/aromatic N) is 3. The molecule has 0 radical (unpaired) electrons. The summed E-state index contributed by atoms with van der Waals surface area (Å²) in [5.41, 5.74) is 2.09. The summed E-state index contributed by atoms with van der Waals surface area (Å²) < 4.78 is 6.65. The van der Waals surface area contributed by atoms with Gasteiger partial charge in [0, 0.05) is 16.2 Å². The number of fused-ring (bicyclic) bond motifs is 1. The Balaban J connectivity index is 2.03. The van der Waals surface area contributed by atoms with Gasteiger partial charge in [0.2, 0.25) is 0 Å². The van der Waals surface area contributed by atoms with Crippen molar-refractivity contribution in [2.75, 3.05) is 4.90 Å². The zero-order valence-corrected chi connectivity index (χ0v) is 18.8. The number of amides is 1. The van der Waals surface area contributed by atoms with Crippen molar-refractivity contribution in [2.45, 2.75) is 59.1 Å². The molecule has 3 aromatic heterocycles. The van der Waals surface area contributed by atoms with E-state index >= 15 is 0 Å². The second-order valence-electron chi connectivity index (χ2n) is 7.76. The normalized spacial score (nSPS) is 11.4. The van der Waals surface area contributed by atoms with Crippen molar-refractivity contribution in [3.63, 3.8) is 0 Å². The first kappa shape index (κ1) is 21.3. The maximum atomic E-state index is 13.1. The zero-order valence-electron chi connectivity index (χ0n) is 17.2. The van der Waals surface area contributed by atoms with Crippen LogP contribution in [0.25, 0.3) is 10.2 Å². The molecular weight excluding hydrogens is 402 g/mol. The van der Waals surface area contributed by atoms with Crippen LogP contribution in [0.4, 0.5) is 10.5 Å². The smallest absolute Gasteiger partial charge is 0.415 e. The van der Waals surface area contributed by atoms with Gasteiger partial charge in [0.15, 0.2) is 0 Å². The predicted molar refractivity (Wildman–Crippen MR) is 121 cm³/mol. The van der Waals surface area contributed by atoms with E-state index in [4.69, 9.17) is 11.2 Å².